The summed E-state index contributed by atoms with van der Waals surface area (Å²) in [6.45, 7) is 3.87. The molecule has 0 aliphatic rings. The van der Waals surface area contributed by atoms with Gasteiger partial charge in [-0.05, 0) is 25.5 Å². The molecule has 1 atom stereocenters. The lowest BCUT2D eigenvalue weighted by Crippen LogP contribution is -2.32. The minimum absolute atomic E-state index is 0.216. The molecule has 18 heavy (non-hydrogen) atoms. The topological polar surface area (TPSA) is 86.0 Å². The first-order chi connectivity index (χ1) is 8.58. The average Bonchev–Trinajstić information content (AvgIpc) is 2.36. The zero-order valence-electron chi connectivity index (χ0n) is 10.6. The number of carbonyl (C=O) groups is 1. The minimum Gasteiger partial charge on any atom is -0.391 e. The number of pyridine rings is 1. The van der Waals surface area contributed by atoms with Crippen LogP contribution >= 0.6 is 0 Å². The molecular weight excluding hydrogens is 230 g/mol. The Hall–Kier alpha value is -1.93. The fourth-order valence-corrected chi connectivity index (χ4v) is 1.54. The third-order valence-corrected chi connectivity index (χ3v) is 2.56. The van der Waals surface area contributed by atoms with E-state index in [1.807, 2.05) is 13.0 Å². The van der Waals surface area contributed by atoms with E-state index >= 15 is 0 Å². The molecule has 1 heterocycles. The molecule has 1 rings (SSSR count). The number of amides is 1. The van der Waals surface area contributed by atoms with Gasteiger partial charge in [0, 0.05) is 6.54 Å². The first kappa shape index (κ1) is 14.1. The molecule has 1 aromatic rings. The summed E-state index contributed by atoms with van der Waals surface area (Å²) in [4.78, 5) is 15.8. The van der Waals surface area contributed by atoms with Gasteiger partial charge in [0.1, 0.15) is 11.8 Å². The van der Waals surface area contributed by atoms with Crippen LogP contribution in [0.2, 0.25) is 0 Å². The molecule has 0 fully saturated rings. The monoisotopic (exact) mass is 247 g/mol. The number of hydrogen-bond acceptors (Lipinski definition) is 4. The van der Waals surface area contributed by atoms with Gasteiger partial charge in [-0.3, -0.25) is 4.79 Å². The number of aliphatic hydroxyl groups excluding tert-OH is 1. The molecule has 0 saturated carbocycles. The molecule has 2 N–H and O–H groups in total. The van der Waals surface area contributed by atoms with Crippen LogP contribution in [0.15, 0.2) is 12.1 Å². The van der Waals surface area contributed by atoms with E-state index in [-0.39, 0.29) is 18.1 Å². The molecule has 1 unspecified atom stereocenters. The van der Waals surface area contributed by atoms with Gasteiger partial charge in [-0.2, -0.15) is 5.26 Å². The van der Waals surface area contributed by atoms with Crippen molar-refractivity contribution in [3.8, 4) is 6.07 Å². The van der Waals surface area contributed by atoms with E-state index in [9.17, 15) is 9.90 Å². The lowest BCUT2D eigenvalue weighted by molar-refractivity contribution is 0.0905. The Morgan fingerprint density at radius 1 is 1.61 bits per heavy atom. The van der Waals surface area contributed by atoms with Crippen molar-refractivity contribution in [2.75, 3.05) is 6.54 Å². The standard InChI is InChI=1S/C13H17N3O2/c1-3-4-11(17)8-15-13(18)12-6-5-10(7-14)9(2)16-12/h5-6,11,17H,3-4,8H2,1-2H3,(H,15,18). The second-order valence-corrected chi connectivity index (χ2v) is 4.09. The summed E-state index contributed by atoms with van der Waals surface area (Å²) in [7, 11) is 0. The van der Waals surface area contributed by atoms with E-state index in [0.717, 1.165) is 6.42 Å². The summed E-state index contributed by atoms with van der Waals surface area (Å²) in [6.07, 6.45) is 0.990. The summed E-state index contributed by atoms with van der Waals surface area (Å²) in [5.74, 6) is -0.335. The average molecular weight is 247 g/mol. The Kier molecular flexibility index (Phi) is 5.28. The van der Waals surface area contributed by atoms with Gasteiger partial charge >= 0.3 is 0 Å². The molecule has 1 amide bonds. The normalized spacial score (nSPS) is 11.7. The quantitative estimate of drug-likeness (QED) is 0.817. The number of carbonyl (C=O) groups excluding carboxylic acids is 1. The van der Waals surface area contributed by atoms with Crippen molar-refractivity contribution in [1.29, 1.82) is 5.26 Å². The third-order valence-electron chi connectivity index (χ3n) is 2.56. The maximum atomic E-state index is 11.7. The van der Waals surface area contributed by atoms with Crippen LogP contribution in [-0.4, -0.2) is 28.6 Å². The van der Waals surface area contributed by atoms with Crippen LogP contribution in [-0.2, 0) is 0 Å². The Bertz CT molecular complexity index is 466. The smallest absolute Gasteiger partial charge is 0.269 e. The van der Waals surface area contributed by atoms with Gasteiger partial charge in [0.2, 0.25) is 0 Å². The summed E-state index contributed by atoms with van der Waals surface area (Å²) in [6, 6.07) is 5.07. The summed E-state index contributed by atoms with van der Waals surface area (Å²) >= 11 is 0. The van der Waals surface area contributed by atoms with Crippen molar-refractivity contribution in [1.82, 2.24) is 10.3 Å². The molecule has 0 aliphatic carbocycles. The molecular formula is C13H17N3O2. The molecule has 96 valence electrons. The number of nitriles is 1. The highest BCUT2D eigenvalue weighted by Gasteiger charge is 2.11. The van der Waals surface area contributed by atoms with Crippen molar-refractivity contribution in [2.24, 2.45) is 0 Å². The fraction of sp³-hybridized carbons (Fsp3) is 0.462. The number of rotatable bonds is 5. The van der Waals surface area contributed by atoms with E-state index < -0.39 is 6.10 Å². The molecule has 5 heteroatoms. The highest BCUT2D eigenvalue weighted by molar-refractivity contribution is 5.92. The Balaban J connectivity index is 2.62. The van der Waals surface area contributed by atoms with Gasteiger partial charge in [0.15, 0.2) is 0 Å². The van der Waals surface area contributed by atoms with Gasteiger partial charge in [0.05, 0.1) is 17.4 Å². The Morgan fingerprint density at radius 2 is 2.33 bits per heavy atom. The van der Waals surface area contributed by atoms with Crippen LogP contribution in [0.25, 0.3) is 0 Å². The molecule has 0 aliphatic heterocycles. The maximum Gasteiger partial charge on any atom is 0.269 e. The molecule has 5 nitrogen and oxygen atoms in total. The highest BCUT2D eigenvalue weighted by atomic mass is 16.3. The van der Waals surface area contributed by atoms with E-state index in [1.54, 1.807) is 13.0 Å². The lowest BCUT2D eigenvalue weighted by Gasteiger charge is -2.10. The summed E-state index contributed by atoms with van der Waals surface area (Å²) in [5, 5.41) is 20.9. The van der Waals surface area contributed by atoms with Gasteiger partial charge in [-0.15, -0.1) is 0 Å². The number of aromatic nitrogens is 1. The second-order valence-electron chi connectivity index (χ2n) is 4.09. The number of aryl methyl sites for hydroxylation is 1. The first-order valence-corrected chi connectivity index (χ1v) is 5.92. The predicted octanol–water partition coefficient (Wildman–Crippen LogP) is 1.15. The zero-order chi connectivity index (χ0) is 13.5. The summed E-state index contributed by atoms with van der Waals surface area (Å²) < 4.78 is 0. The van der Waals surface area contributed by atoms with Gasteiger partial charge in [-0.1, -0.05) is 13.3 Å². The van der Waals surface area contributed by atoms with Crippen molar-refractivity contribution in [3.05, 3.63) is 29.1 Å². The molecule has 0 aromatic carbocycles. The molecule has 0 radical (unpaired) electrons. The van der Waals surface area contributed by atoms with E-state index in [2.05, 4.69) is 10.3 Å². The summed E-state index contributed by atoms with van der Waals surface area (Å²) in [5.41, 5.74) is 1.24. The SMILES string of the molecule is CCCC(O)CNC(=O)c1ccc(C#N)c(C)n1. The van der Waals surface area contributed by atoms with Crippen LogP contribution < -0.4 is 5.32 Å². The largest absolute Gasteiger partial charge is 0.391 e. The fourth-order valence-electron chi connectivity index (χ4n) is 1.54. The predicted molar refractivity (Wildman–Crippen MR) is 66.9 cm³/mol. The zero-order valence-corrected chi connectivity index (χ0v) is 10.6. The van der Waals surface area contributed by atoms with E-state index in [1.165, 1.54) is 6.07 Å². The Labute approximate surface area is 106 Å². The van der Waals surface area contributed by atoms with Crippen molar-refractivity contribution >= 4 is 5.91 Å². The molecule has 0 spiro atoms. The van der Waals surface area contributed by atoms with E-state index in [0.29, 0.717) is 17.7 Å². The first-order valence-electron chi connectivity index (χ1n) is 5.92. The second kappa shape index (κ2) is 6.72. The van der Waals surface area contributed by atoms with Crippen LogP contribution in [0.1, 0.15) is 41.5 Å². The maximum absolute atomic E-state index is 11.7. The van der Waals surface area contributed by atoms with Crippen LogP contribution in [0.4, 0.5) is 0 Å². The molecule has 1 aromatic heterocycles. The molecule has 0 bridgehead atoms. The number of aliphatic hydroxyl groups is 1. The van der Waals surface area contributed by atoms with Gasteiger partial charge in [-0.25, -0.2) is 4.98 Å². The molecule has 0 saturated heterocycles. The van der Waals surface area contributed by atoms with Crippen LogP contribution in [0.3, 0.4) is 0 Å². The third kappa shape index (κ3) is 3.82. The van der Waals surface area contributed by atoms with E-state index in [4.69, 9.17) is 5.26 Å². The number of nitrogens with zero attached hydrogens (tertiary/aromatic N) is 2. The number of nitrogens with one attached hydrogen (secondary N) is 1. The number of hydrogen-bond donors (Lipinski definition) is 2. The van der Waals surface area contributed by atoms with Crippen molar-refractivity contribution in [2.45, 2.75) is 32.8 Å². The van der Waals surface area contributed by atoms with Crippen molar-refractivity contribution in [3.63, 3.8) is 0 Å². The van der Waals surface area contributed by atoms with Crippen LogP contribution in [0, 0.1) is 18.3 Å². The van der Waals surface area contributed by atoms with Crippen LogP contribution in [0.5, 0.6) is 0 Å². The Morgan fingerprint density at radius 3 is 2.89 bits per heavy atom. The van der Waals surface area contributed by atoms with Gasteiger partial charge < -0.3 is 10.4 Å². The van der Waals surface area contributed by atoms with Gasteiger partial charge in [0.25, 0.3) is 5.91 Å². The minimum atomic E-state index is -0.529. The van der Waals surface area contributed by atoms with Crippen molar-refractivity contribution < 1.29 is 9.90 Å². The lowest BCUT2D eigenvalue weighted by atomic mass is 10.2. The highest BCUT2D eigenvalue weighted by Crippen LogP contribution is 2.05.